The van der Waals surface area contributed by atoms with E-state index in [9.17, 15) is 14.4 Å². The molecular weight excluding hydrogens is 402 g/mol. The molecule has 1 aromatic carbocycles. The van der Waals surface area contributed by atoms with Crippen molar-refractivity contribution in [3.63, 3.8) is 0 Å². The van der Waals surface area contributed by atoms with Crippen LogP contribution in [0.3, 0.4) is 0 Å². The van der Waals surface area contributed by atoms with Gasteiger partial charge in [-0.15, -0.1) is 0 Å². The third kappa shape index (κ3) is 4.52. The fraction of sp³-hybridized carbons (Fsp3) is 0.158. The van der Waals surface area contributed by atoms with Crippen LogP contribution in [0.25, 0.3) is 6.08 Å². The van der Waals surface area contributed by atoms with E-state index in [1.807, 2.05) is 19.1 Å². The van der Waals surface area contributed by atoms with Crippen LogP contribution in [0.15, 0.2) is 41.3 Å². The molecule has 144 valence electrons. The molecule has 1 aliphatic rings. The largest absolute Gasteiger partial charge is 0.495 e. The van der Waals surface area contributed by atoms with E-state index in [1.54, 1.807) is 24.3 Å². The Balaban J connectivity index is 1.68. The van der Waals surface area contributed by atoms with Gasteiger partial charge in [0.05, 0.1) is 22.7 Å². The Labute approximate surface area is 170 Å². The van der Waals surface area contributed by atoms with Gasteiger partial charge < -0.3 is 10.1 Å². The van der Waals surface area contributed by atoms with Crippen LogP contribution in [0, 0.1) is 6.92 Å². The molecule has 0 unspecified atom stereocenters. The Kier molecular flexibility index (Phi) is 6.01. The number of carbonyl (C=O) groups excluding carboxylic acids is 3. The number of hydrogen-bond acceptors (Lipinski definition) is 6. The maximum atomic E-state index is 12.5. The van der Waals surface area contributed by atoms with E-state index >= 15 is 0 Å². The lowest BCUT2D eigenvalue weighted by Gasteiger charge is -2.13. The first kappa shape index (κ1) is 19.9. The van der Waals surface area contributed by atoms with Gasteiger partial charge in [-0.25, -0.2) is 0 Å². The fourth-order valence-electron chi connectivity index (χ4n) is 2.50. The van der Waals surface area contributed by atoms with Crippen molar-refractivity contribution in [2.75, 3.05) is 19.0 Å². The molecule has 3 rings (SSSR count). The lowest BCUT2D eigenvalue weighted by Crippen LogP contribution is -2.36. The summed E-state index contributed by atoms with van der Waals surface area (Å²) in [5, 5.41) is 2.43. The molecule has 0 bridgehead atoms. The highest BCUT2D eigenvalue weighted by molar-refractivity contribution is 8.18. The van der Waals surface area contributed by atoms with Gasteiger partial charge in [-0.3, -0.25) is 24.3 Å². The number of aromatic nitrogens is 1. The molecule has 1 saturated heterocycles. The van der Waals surface area contributed by atoms with E-state index in [0.29, 0.717) is 22.2 Å². The van der Waals surface area contributed by atoms with Crippen molar-refractivity contribution in [2.45, 2.75) is 6.92 Å². The summed E-state index contributed by atoms with van der Waals surface area (Å²) in [7, 11) is 1.49. The number of methoxy groups -OCH3 is 1. The van der Waals surface area contributed by atoms with Gasteiger partial charge >= 0.3 is 0 Å². The molecule has 7 nitrogen and oxygen atoms in total. The number of carbonyl (C=O) groups is 3. The number of aryl methyl sites for hydroxylation is 1. The van der Waals surface area contributed by atoms with Gasteiger partial charge in [0.15, 0.2) is 0 Å². The van der Waals surface area contributed by atoms with Crippen molar-refractivity contribution in [1.82, 2.24) is 9.88 Å². The molecule has 1 aliphatic heterocycles. The van der Waals surface area contributed by atoms with Crippen molar-refractivity contribution in [2.24, 2.45) is 0 Å². The van der Waals surface area contributed by atoms with Crippen molar-refractivity contribution < 1.29 is 19.1 Å². The molecule has 28 heavy (non-hydrogen) atoms. The van der Waals surface area contributed by atoms with Crippen LogP contribution >= 0.6 is 23.4 Å². The second-order valence-electron chi connectivity index (χ2n) is 5.87. The van der Waals surface area contributed by atoms with Gasteiger partial charge in [0.25, 0.3) is 11.1 Å². The molecule has 0 aliphatic carbocycles. The average molecular weight is 418 g/mol. The Morgan fingerprint density at radius 2 is 2.11 bits per heavy atom. The Hall–Kier alpha value is -2.84. The molecule has 0 saturated carbocycles. The van der Waals surface area contributed by atoms with Crippen molar-refractivity contribution >= 4 is 52.2 Å². The molecular formula is C19H16ClN3O4S. The quantitative estimate of drug-likeness (QED) is 0.746. The number of pyridine rings is 1. The summed E-state index contributed by atoms with van der Waals surface area (Å²) >= 11 is 6.80. The van der Waals surface area contributed by atoms with Crippen LogP contribution in [0.1, 0.15) is 11.4 Å². The average Bonchev–Trinajstić information content (AvgIpc) is 2.89. The van der Waals surface area contributed by atoms with Crippen LogP contribution in [-0.2, 0) is 9.59 Å². The molecule has 0 spiro atoms. The van der Waals surface area contributed by atoms with Gasteiger partial charge in [0.2, 0.25) is 5.91 Å². The molecule has 2 aromatic rings. The molecule has 9 heteroatoms. The van der Waals surface area contributed by atoms with Crippen molar-refractivity contribution in [1.29, 1.82) is 0 Å². The van der Waals surface area contributed by atoms with Crippen LogP contribution in [0.2, 0.25) is 5.02 Å². The molecule has 2 heterocycles. The van der Waals surface area contributed by atoms with E-state index in [1.165, 1.54) is 13.2 Å². The first-order valence-electron chi connectivity index (χ1n) is 8.20. The minimum absolute atomic E-state index is 0.225. The molecule has 1 fully saturated rings. The molecule has 1 aromatic heterocycles. The predicted molar refractivity (Wildman–Crippen MR) is 108 cm³/mol. The maximum absolute atomic E-state index is 12.5. The highest BCUT2D eigenvalue weighted by Crippen LogP contribution is 2.32. The van der Waals surface area contributed by atoms with Crippen LogP contribution in [0.4, 0.5) is 10.5 Å². The number of nitrogens with zero attached hydrogens (tertiary/aromatic N) is 2. The third-order valence-electron chi connectivity index (χ3n) is 3.80. The zero-order chi connectivity index (χ0) is 20.3. The third-order valence-corrected chi connectivity index (χ3v) is 5.00. The molecule has 0 atom stereocenters. The smallest absolute Gasteiger partial charge is 0.294 e. The summed E-state index contributed by atoms with van der Waals surface area (Å²) in [6.07, 6.45) is 1.54. The lowest BCUT2D eigenvalue weighted by molar-refractivity contribution is -0.127. The predicted octanol–water partition coefficient (Wildman–Crippen LogP) is 3.73. The fourth-order valence-corrected chi connectivity index (χ4v) is 3.58. The number of rotatable bonds is 5. The summed E-state index contributed by atoms with van der Waals surface area (Å²) in [6.45, 7) is 1.44. The molecule has 3 amide bonds. The highest BCUT2D eigenvalue weighted by atomic mass is 35.5. The van der Waals surface area contributed by atoms with Crippen molar-refractivity contribution in [3.05, 3.63) is 57.7 Å². The SMILES string of the molecule is COc1ccc(NC(=O)CN2C(=O)S/C(=C/c3cccc(C)n3)C2=O)cc1Cl. The number of imide groups is 1. The number of halogens is 1. The Morgan fingerprint density at radius 1 is 1.32 bits per heavy atom. The van der Waals surface area contributed by atoms with Crippen LogP contribution < -0.4 is 10.1 Å². The number of thioether (sulfide) groups is 1. The molecule has 1 N–H and O–H groups in total. The van der Waals surface area contributed by atoms with E-state index < -0.39 is 23.6 Å². The van der Waals surface area contributed by atoms with Gasteiger partial charge in [-0.2, -0.15) is 0 Å². The second kappa shape index (κ2) is 8.45. The number of amides is 3. The highest BCUT2D eigenvalue weighted by Gasteiger charge is 2.36. The topological polar surface area (TPSA) is 88.6 Å². The zero-order valence-electron chi connectivity index (χ0n) is 15.1. The van der Waals surface area contributed by atoms with E-state index in [4.69, 9.17) is 16.3 Å². The minimum Gasteiger partial charge on any atom is -0.495 e. The number of benzene rings is 1. The number of ether oxygens (including phenoxy) is 1. The number of nitrogens with one attached hydrogen (secondary N) is 1. The lowest BCUT2D eigenvalue weighted by atomic mass is 10.3. The van der Waals surface area contributed by atoms with Crippen LogP contribution in [-0.4, -0.2) is 40.6 Å². The maximum Gasteiger partial charge on any atom is 0.294 e. The zero-order valence-corrected chi connectivity index (χ0v) is 16.6. The summed E-state index contributed by atoms with van der Waals surface area (Å²) in [5.74, 6) is -0.569. The monoisotopic (exact) mass is 417 g/mol. The molecule has 0 radical (unpaired) electrons. The van der Waals surface area contributed by atoms with E-state index in [2.05, 4.69) is 10.3 Å². The van der Waals surface area contributed by atoms with Crippen LogP contribution in [0.5, 0.6) is 5.75 Å². The second-order valence-corrected chi connectivity index (χ2v) is 7.27. The Bertz CT molecular complexity index is 993. The first-order chi connectivity index (χ1) is 13.4. The summed E-state index contributed by atoms with van der Waals surface area (Å²) in [5.41, 5.74) is 1.80. The normalized spacial score (nSPS) is 15.2. The summed E-state index contributed by atoms with van der Waals surface area (Å²) in [6, 6.07) is 10.1. The standard InChI is InChI=1S/C19H16ClN3O4S/c1-11-4-3-5-12(21-11)9-16-18(25)23(19(26)28-16)10-17(24)22-13-6-7-15(27-2)14(20)8-13/h3-9H,10H2,1-2H3,(H,22,24)/b16-9+. The van der Waals surface area contributed by atoms with Gasteiger partial charge in [-0.1, -0.05) is 17.7 Å². The van der Waals surface area contributed by atoms with Gasteiger partial charge in [0.1, 0.15) is 12.3 Å². The van der Waals surface area contributed by atoms with E-state index in [0.717, 1.165) is 22.4 Å². The number of anilines is 1. The Morgan fingerprint density at radius 3 is 2.79 bits per heavy atom. The van der Waals surface area contributed by atoms with Gasteiger partial charge in [-0.05, 0) is 55.1 Å². The summed E-state index contributed by atoms with van der Waals surface area (Å²) in [4.78, 5) is 42.3. The number of hydrogen-bond donors (Lipinski definition) is 1. The summed E-state index contributed by atoms with van der Waals surface area (Å²) < 4.78 is 5.05. The first-order valence-corrected chi connectivity index (χ1v) is 9.39. The minimum atomic E-state index is -0.527. The van der Waals surface area contributed by atoms with E-state index in [-0.39, 0.29) is 4.91 Å². The van der Waals surface area contributed by atoms with Gasteiger partial charge in [0, 0.05) is 11.4 Å². The van der Waals surface area contributed by atoms with Crippen molar-refractivity contribution in [3.8, 4) is 5.75 Å².